The van der Waals surface area contributed by atoms with E-state index in [1.54, 1.807) is 18.7 Å². The second-order valence-electron chi connectivity index (χ2n) is 6.29. The Hall–Kier alpha value is -2.04. The van der Waals surface area contributed by atoms with Gasteiger partial charge in [0, 0.05) is 32.7 Å². The van der Waals surface area contributed by atoms with Crippen molar-refractivity contribution in [2.24, 2.45) is 0 Å². The first kappa shape index (κ1) is 23.2. The predicted molar refractivity (Wildman–Crippen MR) is 108 cm³/mol. The van der Waals surface area contributed by atoms with Crippen LogP contribution in [0.25, 0.3) is 0 Å². The highest BCUT2D eigenvalue weighted by Gasteiger charge is 2.30. The molecule has 0 N–H and O–H groups in total. The number of benzene rings is 1. The number of ether oxygens (including phenoxy) is 2. The quantitative estimate of drug-likeness (QED) is 0.630. The summed E-state index contributed by atoms with van der Waals surface area (Å²) in [5, 5.41) is 0.172. The molecule has 0 radical (unpaired) electrons. The van der Waals surface area contributed by atoms with Crippen molar-refractivity contribution < 1.29 is 27.5 Å². The van der Waals surface area contributed by atoms with Crippen molar-refractivity contribution in [3.63, 3.8) is 0 Å². The topological polar surface area (TPSA) is 96.5 Å². The molecule has 0 bridgehead atoms. The number of hydrogen-bond donors (Lipinski definition) is 0. The average Bonchev–Trinajstić information content (AvgIpc) is 2.71. The third-order valence-electron chi connectivity index (χ3n) is 4.58. The summed E-state index contributed by atoms with van der Waals surface area (Å²) in [7, 11) is -2.46. The lowest BCUT2D eigenvalue weighted by Crippen LogP contribution is -2.53. The number of rotatable bonds is 7. The molecule has 1 aliphatic rings. The molecule has 0 atom stereocenters. The third kappa shape index (κ3) is 5.52. The Balaban J connectivity index is 2.04. The second kappa shape index (κ2) is 10.1. The minimum atomic E-state index is -3.90. The lowest BCUT2D eigenvalue weighted by molar-refractivity contribution is -0.133. The molecule has 1 aromatic carbocycles. The van der Waals surface area contributed by atoms with E-state index in [0.717, 1.165) is 4.31 Å². The van der Waals surface area contributed by atoms with Gasteiger partial charge in [0.05, 0.1) is 30.2 Å². The molecule has 2 amide bonds. The summed E-state index contributed by atoms with van der Waals surface area (Å²) >= 11 is 6.05. The zero-order chi connectivity index (χ0) is 21.6. The van der Waals surface area contributed by atoms with E-state index in [1.807, 2.05) is 0 Å². The fraction of sp³-hybridized carbons (Fsp3) is 0.556. The van der Waals surface area contributed by atoms with Crippen LogP contribution in [0.4, 0.5) is 4.79 Å². The second-order valence-corrected chi connectivity index (χ2v) is 8.64. The van der Waals surface area contributed by atoms with Gasteiger partial charge in [0.2, 0.25) is 15.9 Å². The fourth-order valence-corrected chi connectivity index (χ4v) is 4.68. The molecule has 2 rings (SSSR count). The molecule has 0 saturated carbocycles. The molecule has 11 heteroatoms. The van der Waals surface area contributed by atoms with Gasteiger partial charge in [0.1, 0.15) is 5.75 Å². The van der Waals surface area contributed by atoms with Crippen LogP contribution in [0, 0.1) is 0 Å². The van der Waals surface area contributed by atoms with Crippen LogP contribution < -0.4 is 4.74 Å². The van der Waals surface area contributed by atoms with Crippen LogP contribution in [-0.2, 0) is 19.6 Å². The van der Waals surface area contributed by atoms with Gasteiger partial charge in [-0.2, -0.15) is 4.31 Å². The van der Waals surface area contributed by atoms with E-state index >= 15 is 0 Å². The highest BCUT2D eigenvalue weighted by Crippen LogP contribution is 2.28. The molecule has 9 nitrogen and oxygen atoms in total. The van der Waals surface area contributed by atoms with Crippen molar-refractivity contribution in [3.8, 4) is 5.75 Å². The van der Waals surface area contributed by atoms with E-state index in [9.17, 15) is 18.0 Å². The highest BCUT2D eigenvalue weighted by molar-refractivity contribution is 7.89. The lowest BCUT2D eigenvalue weighted by atomic mass is 10.3. The predicted octanol–water partition coefficient (Wildman–Crippen LogP) is 1.66. The molecule has 0 unspecified atom stereocenters. The summed E-state index contributed by atoms with van der Waals surface area (Å²) in [6, 6.07) is 4.17. The zero-order valence-electron chi connectivity index (χ0n) is 16.8. The molecule has 1 aromatic rings. The normalized spacial score (nSPS) is 14.8. The molecule has 1 heterocycles. The number of hydrogen-bond acceptors (Lipinski definition) is 6. The van der Waals surface area contributed by atoms with Crippen molar-refractivity contribution >= 4 is 33.6 Å². The summed E-state index contributed by atoms with van der Waals surface area (Å²) < 4.78 is 37.0. The van der Waals surface area contributed by atoms with Crippen LogP contribution in [0.3, 0.4) is 0 Å². The Morgan fingerprint density at radius 1 is 1.14 bits per heavy atom. The molecular formula is C18H26ClN3O6S. The number of piperazine rings is 1. The first-order valence-corrected chi connectivity index (χ1v) is 11.1. The zero-order valence-corrected chi connectivity index (χ0v) is 18.3. The van der Waals surface area contributed by atoms with Gasteiger partial charge in [-0.1, -0.05) is 18.5 Å². The van der Waals surface area contributed by atoms with E-state index in [1.165, 1.54) is 30.2 Å². The minimum Gasteiger partial charge on any atom is -0.495 e. The summed E-state index contributed by atoms with van der Waals surface area (Å²) in [5.74, 6) is 0.0442. The van der Waals surface area contributed by atoms with Gasteiger partial charge in [-0.05, 0) is 25.1 Å². The molecule has 29 heavy (non-hydrogen) atoms. The van der Waals surface area contributed by atoms with Crippen molar-refractivity contribution in [2.75, 3.05) is 53.0 Å². The van der Waals surface area contributed by atoms with Gasteiger partial charge in [0.25, 0.3) is 0 Å². The molecule has 0 aromatic heterocycles. The van der Waals surface area contributed by atoms with Crippen LogP contribution in [0.5, 0.6) is 5.75 Å². The van der Waals surface area contributed by atoms with Gasteiger partial charge in [-0.3, -0.25) is 4.79 Å². The first-order valence-electron chi connectivity index (χ1n) is 9.27. The van der Waals surface area contributed by atoms with Gasteiger partial charge >= 0.3 is 6.09 Å². The number of carbonyl (C=O) groups is 2. The number of halogens is 1. The average molecular weight is 448 g/mol. The molecule has 1 aliphatic heterocycles. The Kier molecular flexibility index (Phi) is 8.12. The smallest absolute Gasteiger partial charge is 0.409 e. The fourth-order valence-electron chi connectivity index (χ4n) is 2.93. The molecule has 1 saturated heterocycles. The summed E-state index contributed by atoms with van der Waals surface area (Å²) in [5.41, 5.74) is 0. The highest BCUT2D eigenvalue weighted by atomic mass is 35.5. The van der Waals surface area contributed by atoms with Crippen molar-refractivity contribution in [3.05, 3.63) is 23.2 Å². The Labute approximate surface area is 176 Å². The number of carbonyl (C=O) groups excluding carboxylic acids is 2. The monoisotopic (exact) mass is 447 g/mol. The minimum absolute atomic E-state index is 0.00918. The van der Waals surface area contributed by atoms with Crippen molar-refractivity contribution in [2.45, 2.75) is 18.7 Å². The van der Waals surface area contributed by atoms with E-state index in [2.05, 4.69) is 0 Å². The van der Waals surface area contributed by atoms with Crippen LogP contribution in [0.2, 0.25) is 5.02 Å². The maximum absolute atomic E-state index is 12.9. The maximum atomic E-state index is 12.9. The number of methoxy groups -OCH3 is 1. The van der Waals surface area contributed by atoms with E-state index in [-0.39, 0.29) is 35.5 Å². The molecular weight excluding hydrogens is 422 g/mol. The van der Waals surface area contributed by atoms with E-state index in [4.69, 9.17) is 21.1 Å². The molecule has 162 valence electrons. The van der Waals surface area contributed by atoms with Gasteiger partial charge in [-0.25, -0.2) is 13.2 Å². The Morgan fingerprint density at radius 2 is 1.76 bits per heavy atom. The van der Waals surface area contributed by atoms with E-state index < -0.39 is 16.1 Å². The summed E-state index contributed by atoms with van der Waals surface area (Å²) in [6.45, 7) is 4.85. The van der Waals surface area contributed by atoms with Crippen molar-refractivity contribution in [1.82, 2.24) is 14.1 Å². The number of sulfonamides is 1. The van der Waals surface area contributed by atoms with Crippen LogP contribution >= 0.6 is 11.6 Å². The number of amides is 2. The SMILES string of the molecule is CCOC(=O)N1CCN(C(=O)CN(CC)S(=O)(=O)c2ccc(OC)c(Cl)c2)CC1. The Bertz CT molecular complexity index is 840. The van der Waals surface area contributed by atoms with Gasteiger partial charge in [-0.15, -0.1) is 0 Å². The Morgan fingerprint density at radius 3 is 2.28 bits per heavy atom. The summed E-state index contributed by atoms with van der Waals surface area (Å²) in [6.07, 6.45) is -0.409. The van der Waals surface area contributed by atoms with Crippen LogP contribution in [0.1, 0.15) is 13.8 Å². The summed E-state index contributed by atoms with van der Waals surface area (Å²) in [4.78, 5) is 27.5. The van der Waals surface area contributed by atoms with Crippen molar-refractivity contribution in [1.29, 1.82) is 0 Å². The van der Waals surface area contributed by atoms with Gasteiger partial charge < -0.3 is 19.3 Å². The molecule has 1 fully saturated rings. The van der Waals surface area contributed by atoms with E-state index in [0.29, 0.717) is 31.9 Å². The maximum Gasteiger partial charge on any atom is 0.409 e. The number of nitrogens with zero attached hydrogens (tertiary/aromatic N) is 3. The number of likely N-dealkylation sites (N-methyl/N-ethyl adjacent to an activating group) is 1. The lowest BCUT2D eigenvalue weighted by Gasteiger charge is -2.35. The van der Waals surface area contributed by atoms with Crippen LogP contribution in [-0.4, -0.2) is 87.5 Å². The third-order valence-corrected chi connectivity index (χ3v) is 6.80. The largest absolute Gasteiger partial charge is 0.495 e. The van der Waals surface area contributed by atoms with Gasteiger partial charge in [0.15, 0.2) is 0 Å². The first-order chi connectivity index (χ1) is 13.7. The molecule has 0 spiro atoms. The standard InChI is InChI=1S/C18H26ClN3O6S/c1-4-22(29(25,26)14-6-7-16(27-3)15(19)12-14)13-17(23)20-8-10-21(11-9-20)18(24)28-5-2/h6-7,12H,4-5,8-11,13H2,1-3H3. The van der Waals surface area contributed by atoms with Crippen LogP contribution in [0.15, 0.2) is 23.1 Å². The molecule has 0 aliphatic carbocycles.